The van der Waals surface area contributed by atoms with Crippen LogP contribution in [-0.2, 0) is 11.2 Å². The lowest BCUT2D eigenvalue weighted by Gasteiger charge is -2.39. The molecular formula is C28H26ClNO7. The van der Waals surface area contributed by atoms with Gasteiger partial charge in [0, 0.05) is 28.3 Å². The third-order valence-electron chi connectivity index (χ3n) is 7.35. The van der Waals surface area contributed by atoms with Crippen molar-refractivity contribution in [3.8, 4) is 39.9 Å². The first-order chi connectivity index (χ1) is 18.0. The number of halogens is 1. The van der Waals surface area contributed by atoms with Gasteiger partial charge < -0.3 is 28.4 Å². The van der Waals surface area contributed by atoms with Crippen molar-refractivity contribution in [3.05, 3.63) is 63.7 Å². The van der Waals surface area contributed by atoms with E-state index in [0.29, 0.717) is 39.3 Å². The summed E-state index contributed by atoms with van der Waals surface area (Å²) in [5.41, 5.74) is 4.99. The second-order valence-corrected chi connectivity index (χ2v) is 9.58. The van der Waals surface area contributed by atoms with Gasteiger partial charge in [-0.15, -0.1) is 0 Å². The van der Waals surface area contributed by atoms with Gasteiger partial charge in [-0.3, -0.25) is 4.90 Å². The van der Waals surface area contributed by atoms with Crippen LogP contribution in [0.5, 0.6) is 28.7 Å². The van der Waals surface area contributed by atoms with Gasteiger partial charge in [-0.2, -0.15) is 0 Å². The summed E-state index contributed by atoms with van der Waals surface area (Å²) in [4.78, 5) is 15.4. The molecule has 3 aliphatic heterocycles. The number of ether oxygens (including phenoxy) is 6. The number of hydrogen-bond donors (Lipinski definition) is 0. The van der Waals surface area contributed by atoms with E-state index in [9.17, 15) is 4.79 Å². The van der Waals surface area contributed by atoms with E-state index < -0.39 is 12.1 Å². The van der Waals surface area contributed by atoms with Crippen LogP contribution in [0.3, 0.4) is 0 Å². The number of esters is 1. The average molecular weight is 524 g/mol. The molecule has 0 spiro atoms. The molecule has 2 atom stereocenters. The molecule has 6 rings (SSSR count). The highest BCUT2D eigenvalue weighted by atomic mass is 35.5. The molecule has 9 heteroatoms. The van der Waals surface area contributed by atoms with E-state index in [0.717, 1.165) is 40.8 Å². The highest BCUT2D eigenvalue weighted by Gasteiger charge is 2.47. The number of methoxy groups -OCH3 is 3. The molecule has 0 aliphatic carbocycles. The van der Waals surface area contributed by atoms with Gasteiger partial charge in [-0.25, -0.2) is 4.79 Å². The Balaban J connectivity index is 1.59. The average Bonchev–Trinajstić information content (AvgIpc) is 3.52. The van der Waals surface area contributed by atoms with Crippen LogP contribution < -0.4 is 23.7 Å². The summed E-state index contributed by atoms with van der Waals surface area (Å²) < 4.78 is 34.9. The summed E-state index contributed by atoms with van der Waals surface area (Å²) in [7, 11) is 6.70. The normalized spacial score (nSPS) is 19.8. The highest BCUT2D eigenvalue weighted by Crippen LogP contribution is 2.58. The fourth-order valence-corrected chi connectivity index (χ4v) is 5.88. The Kier molecular flexibility index (Phi) is 5.81. The Morgan fingerprint density at radius 1 is 0.919 bits per heavy atom. The fourth-order valence-electron chi connectivity index (χ4n) is 5.75. The minimum absolute atomic E-state index is 0.0912. The largest absolute Gasteiger partial charge is 0.493 e. The van der Waals surface area contributed by atoms with Crippen LogP contribution in [-0.4, -0.2) is 52.6 Å². The van der Waals surface area contributed by atoms with Crippen molar-refractivity contribution in [1.29, 1.82) is 0 Å². The zero-order valence-corrected chi connectivity index (χ0v) is 21.7. The van der Waals surface area contributed by atoms with E-state index >= 15 is 0 Å². The summed E-state index contributed by atoms with van der Waals surface area (Å²) in [6, 6.07) is 11.0. The Labute approximate surface area is 219 Å². The van der Waals surface area contributed by atoms with Gasteiger partial charge in [0.05, 0.1) is 27.4 Å². The van der Waals surface area contributed by atoms with Gasteiger partial charge in [0.1, 0.15) is 11.7 Å². The third kappa shape index (κ3) is 3.50. The number of carbonyl (C=O) groups is 1. The molecule has 0 saturated carbocycles. The predicted octanol–water partition coefficient (Wildman–Crippen LogP) is 5.20. The van der Waals surface area contributed by atoms with Crippen LogP contribution in [0.25, 0.3) is 11.1 Å². The quantitative estimate of drug-likeness (QED) is 0.422. The first-order valence-electron chi connectivity index (χ1n) is 11.9. The van der Waals surface area contributed by atoms with Gasteiger partial charge in [-0.05, 0) is 42.8 Å². The van der Waals surface area contributed by atoms with Crippen LogP contribution in [0.4, 0.5) is 0 Å². The number of carbonyl (C=O) groups excluding carboxylic acids is 1. The molecule has 0 amide bonds. The molecule has 0 unspecified atom stereocenters. The molecule has 8 nitrogen and oxygen atoms in total. The molecule has 3 heterocycles. The van der Waals surface area contributed by atoms with E-state index in [1.165, 1.54) is 7.11 Å². The molecule has 3 aromatic rings. The summed E-state index contributed by atoms with van der Waals surface area (Å²) in [5, 5.41) is 0.649. The van der Waals surface area contributed by atoms with Crippen molar-refractivity contribution in [2.45, 2.75) is 18.6 Å². The van der Waals surface area contributed by atoms with Crippen molar-refractivity contribution in [3.63, 3.8) is 0 Å². The van der Waals surface area contributed by atoms with Crippen molar-refractivity contribution >= 4 is 17.6 Å². The van der Waals surface area contributed by atoms with Gasteiger partial charge in [0.2, 0.25) is 12.5 Å². The second kappa shape index (κ2) is 9.04. The van der Waals surface area contributed by atoms with Crippen molar-refractivity contribution in [2.75, 3.05) is 41.7 Å². The maximum atomic E-state index is 13.2. The van der Waals surface area contributed by atoms with Crippen LogP contribution in [0.15, 0.2) is 36.4 Å². The molecule has 0 aromatic heterocycles. The van der Waals surface area contributed by atoms with E-state index in [1.807, 2.05) is 37.4 Å². The Morgan fingerprint density at radius 3 is 2.35 bits per heavy atom. The molecule has 3 aromatic carbocycles. The minimum Gasteiger partial charge on any atom is -0.493 e. The molecule has 0 N–H and O–H groups in total. The first kappa shape index (κ1) is 23.8. The van der Waals surface area contributed by atoms with E-state index in [4.69, 9.17) is 40.0 Å². The minimum atomic E-state index is -0.598. The van der Waals surface area contributed by atoms with E-state index in [2.05, 4.69) is 4.90 Å². The lowest BCUT2D eigenvalue weighted by Crippen LogP contribution is -2.36. The SMILES string of the molecule is COc1ccc2c(c1OC)C(=O)O[C@@H]2[C@H]1c2c(c(-c3ccc(Cl)cc3)c3c(c2OC)OCO3)CCN1C. The van der Waals surface area contributed by atoms with Gasteiger partial charge in [-0.1, -0.05) is 29.8 Å². The molecule has 37 heavy (non-hydrogen) atoms. The number of cyclic esters (lactones) is 1. The molecular weight excluding hydrogens is 498 g/mol. The zero-order chi connectivity index (χ0) is 25.8. The van der Waals surface area contributed by atoms with E-state index in [1.54, 1.807) is 20.3 Å². The third-order valence-corrected chi connectivity index (χ3v) is 7.60. The Morgan fingerprint density at radius 2 is 1.65 bits per heavy atom. The summed E-state index contributed by atoms with van der Waals surface area (Å²) in [6.07, 6.45) is 0.144. The molecule has 3 aliphatic rings. The smallest absolute Gasteiger partial charge is 0.343 e. The lowest BCUT2D eigenvalue weighted by molar-refractivity contribution is 0.00877. The first-order valence-corrected chi connectivity index (χ1v) is 12.3. The monoisotopic (exact) mass is 523 g/mol. The van der Waals surface area contributed by atoms with Crippen LogP contribution in [0.1, 0.15) is 39.2 Å². The molecule has 192 valence electrons. The predicted molar refractivity (Wildman–Crippen MR) is 136 cm³/mol. The second-order valence-electron chi connectivity index (χ2n) is 9.14. The summed E-state index contributed by atoms with van der Waals surface area (Å²) >= 11 is 6.19. The molecule has 0 radical (unpaired) electrons. The van der Waals surface area contributed by atoms with E-state index in [-0.39, 0.29) is 12.8 Å². The van der Waals surface area contributed by atoms with Crippen molar-refractivity contribution in [2.24, 2.45) is 0 Å². The standard InChI is InChI=1S/C28H26ClNO7/c1-30-12-11-16-19(14-5-7-15(29)8-6-14)26-27(36-13-35-26)25(34-4)20(16)22(30)23-17-9-10-18(32-2)24(33-3)21(17)28(31)37-23/h5-10,22-23H,11-13H2,1-4H3/t22-,23+/m1/s1. The summed E-state index contributed by atoms with van der Waals surface area (Å²) in [5.74, 6) is 2.17. The lowest BCUT2D eigenvalue weighted by atomic mass is 9.81. The zero-order valence-electron chi connectivity index (χ0n) is 20.9. The van der Waals surface area contributed by atoms with Crippen LogP contribution in [0, 0.1) is 0 Å². The number of benzene rings is 3. The molecule has 0 saturated heterocycles. The van der Waals surface area contributed by atoms with Crippen molar-refractivity contribution in [1.82, 2.24) is 4.90 Å². The Bertz CT molecular complexity index is 1410. The maximum Gasteiger partial charge on any atom is 0.343 e. The number of nitrogens with zero attached hydrogens (tertiary/aromatic N) is 1. The van der Waals surface area contributed by atoms with Gasteiger partial charge in [0.25, 0.3) is 0 Å². The molecule has 0 bridgehead atoms. The van der Waals surface area contributed by atoms with Crippen LogP contribution >= 0.6 is 11.6 Å². The van der Waals surface area contributed by atoms with Crippen LogP contribution in [0.2, 0.25) is 5.02 Å². The number of rotatable bonds is 5. The highest BCUT2D eigenvalue weighted by molar-refractivity contribution is 6.30. The number of likely N-dealkylation sites (N-methyl/N-ethyl adjacent to an activating group) is 1. The molecule has 0 fully saturated rings. The summed E-state index contributed by atoms with van der Waals surface area (Å²) in [6.45, 7) is 0.825. The fraction of sp³-hybridized carbons (Fsp3) is 0.321. The van der Waals surface area contributed by atoms with Gasteiger partial charge in [0.15, 0.2) is 23.0 Å². The van der Waals surface area contributed by atoms with Gasteiger partial charge >= 0.3 is 5.97 Å². The number of fused-ring (bicyclic) bond motifs is 3. The topological polar surface area (TPSA) is 75.7 Å². The Hall–Kier alpha value is -3.62. The number of hydrogen-bond acceptors (Lipinski definition) is 8. The van der Waals surface area contributed by atoms with Crippen molar-refractivity contribution < 1.29 is 33.2 Å². The maximum absolute atomic E-state index is 13.2.